The summed E-state index contributed by atoms with van der Waals surface area (Å²) in [6.45, 7) is 4.34. The number of carboxylic acid groups (broad SMARTS) is 1. The Labute approximate surface area is 185 Å². The highest BCUT2D eigenvalue weighted by atomic mass is 19.1. The third kappa shape index (κ3) is 4.17. The third-order valence-electron chi connectivity index (χ3n) is 5.64. The average molecular weight is 443 g/mol. The molecule has 0 saturated heterocycles. The Balaban J connectivity index is 1.99. The van der Waals surface area contributed by atoms with Crippen molar-refractivity contribution in [2.75, 3.05) is 6.54 Å². The minimum absolute atomic E-state index is 0.0119. The number of para-hydroxylation sites is 1. The van der Waals surface area contributed by atoms with Crippen LogP contribution in [0.5, 0.6) is 0 Å². The van der Waals surface area contributed by atoms with E-state index < -0.39 is 34.9 Å². The van der Waals surface area contributed by atoms with Crippen LogP contribution in [0.15, 0.2) is 42.5 Å². The van der Waals surface area contributed by atoms with Gasteiger partial charge in [-0.3, -0.25) is 4.90 Å². The smallest absolute Gasteiger partial charge is 0.328 e. The van der Waals surface area contributed by atoms with Crippen LogP contribution in [0.25, 0.3) is 17.0 Å². The Hall–Kier alpha value is -3.06. The molecule has 2 N–H and O–H groups in total. The van der Waals surface area contributed by atoms with Gasteiger partial charge in [0.05, 0.1) is 7.39 Å². The van der Waals surface area contributed by atoms with Gasteiger partial charge in [0.1, 0.15) is 17.3 Å². The molecule has 2 atom stereocenters. The maximum atomic E-state index is 15.5. The highest BCUT2D eigenvalue weighted by Crippen LogP contribution is 2.43. The van der Waals surface area contributed by atoms with E-state index in [4.69, 9.17) is 5.11 Å². The Kier molecular flexibility index (Phi) is 5.29. The quantitative estimate of drug-likeness (QED) is 0.503. The summed E-state index contributed by atoms with van der Waals surface area (Å²) in [5, 5.41) is 9.67. The van der Waals surface area contributed by atoms with E-state index in [-0.39, 0.29) is 18.2 Å². The normalized spacial score (nSPS) is 22.3. The molecule has 2 aromatic carbocycles. The van der Waals surface area contributed by atoms with Crippen LogP contribution in [-0.4, -0.2) is 39.2 Å². The molecule has 1 aliphatic heterocycles. The van der Waals surface area contributed by atoms with Crippen LogP contribution in [0.2, 0.25) is 0 Å². The van der Waals surface area contributed by atoms with Gasteiger partial charge in [0, 0.05) is 40.8 Å². The number of carbonyl (C=O) groups is 1. The van der Waals surface area contributed by atoms with Crippen molar-refractivity contribution < 1.29 is 24.4 Å². The summed E-state index contributed by atoms with van der Waals surface area (Å²) in [6.07, 6.45) is 2.34. The van der Waals surface area contributed by atoms with Crippen LogP contribution in [-0.2, 0) is 11.2 Å². The predicted octanol–water partition coefficient (Wildman–Crippen LogP) is 5.63. The molecule has 4 rings (SSSR count). The summed E-state index contributed by atoms with van der Waals surface area (Å²) in [5.74, 6) is -3.26. The number of nitrogens with one attached hydrogen (secondary N) is 1. The predicted molar refractivity (Wildman–Crippen MR) is 118 cm³/mol. The molecule has 0 unspecified atom stereocenters. The van der Waals surface area contributed by atoms with Crippen LogP contribution >= 0.6 is 0 Å². The van der Waals surface area contributed by atoms with E-state index in [9.17, 15) is 10.6 Å². The van der Waals surface area contributed by atoms with Crippen molar-refractivity contribution in [3.63, 3.8) is 0 Å². The van der Waals surface area contributed by atoms with Crippen LogP contribution in [0.4, 0.5) is 13.2 Å². The minimum Gasteiger partial charge on any atom is -0.478 e. The van der Waals surface area contributed by atoms with Crippen LogP contribution in [0, 0.1) is 11.6 Å². The number of hydrogen-bond acceptors (Lipinski definition) is 2. The molecule has 3 aromatic rings. The summed E-state index contributed by atoms with van der Waals surface area (Å²) in [6, 6.07) is 6.94. The molecule has 0 bridgehead atoms. The number of H-pyrrole nitrogens is 1. The van der Waals surface area contributed by atoms with Gasteiger partial charge in [0.2, 0.25) is 0 Å². The van der Waals surface area contributed by atoms with E-state index in [1.54, 1.807) is 0 Å². The number of hydrogen-bond donors (Lipinski definition) is 2. The lowest BCUT2D eigenvalue weighted by Crippen LogP contribution is -2.48. The molecule has 0 spiro atoms. The van der Waals surface area contributed by atoms with Crippen LogP contribution < -0.4 is 0 Å². The Bertz CT molecular complexity index is 1240. The van der Waals surface area contributed by atoms with Gasteiger partial charge in [-0.25, -0.2) is 18.0 Å². The second kappa shape index (κ2) is 8.13. The number of rotatable bonds is 5. The maximum absolute atomic E-state index is 15.5. The van der Waals surface area contributed by atoms with Gasteiger partial charge < -0.3 is 10.1 Å². The molecule has 32 heavy (non-hydrogen) atoms. The number of nitrogens with zero attached hydrogens (tertiary/aromatic N) is 1. The molecule has 7 heteroatoms. The van der Waals surface area contributed by atoms with Gasteiger partial charge in [-0.05, 0) is 62.6 Å². The maximum Gasteiger partial charge on any atom is 0.328 e. The highest BCUT2D eigenvalue weighted by Gasteiger charge is 2.40. The number of alkyl halides is 1. The number of fused-ring (bicyclic) bond motifs is 3. The molecule has 4 nitrogen and oxygen atoms in total. The first kappa shape index (κ1) is 20.8. The SMILES string of the molecule is [2H][C@@]1(c2c(F)cc(/C=C/C(=O)O)cc2F)c2[nH]c3ccccc3c2C[C@@H](C)N1CC(C)(C)F. The molecule has 0 saturated carbocycles. The second-order valence-corrected chi connectivity index (χ2v) is 8.80. The zero-order valence-corrected chi connectivity index (χ0v) is 18.0. The molecule has 0 radical (unpaired) electrons. The first-order valence-electron chi connectivity index (χ1n) is 10.9. The largest absolute Gasteiger partial charge is 0.478 e. The molecular formula is C25H25F3N2O2. The van der Waals surface area contributed by atoms with Crippen molar-refractivity contribution in [1.29, 1.82) is 0 Å². The topological polar surface area (TPSA) is 56.3 Å². The summed E-state index contributed by atoms with van der Waals surface area (Å²) < 4.78 is 55.3. The molecule has 0 fully saturated rings. The standard InChI is InChI=1S/C25H25F3N2O2/c1-14-10-17-16-6-4-5-7-20(16)29-23(17)24(30(14)13-25(2,3)28)22-18(26)11-15(12-19(22)27)8-9-21(31)32/h4-9,11-12,14,24,29H,10,13H2,1-3H3,(H,31,32)/b9-8+/t14-,24-/m1/s1/i24D. The first-order valence-corrected chi connectivity index (χ1v) is 10.4. The number of aromatic amines is 1. The average Bonchev–Trinajstić information content (AvgIpc) is 3.08. The van der Waals surface area contributed by atoms with Gasteiger partial charge in [0.15, 0.2) is 0 Å². The lowest BCUT2D eigenvalue weighted by Gasteiger charge is -2.43. The fraction of sp³-hybridized carbons (Fsp3) is 0.320. The van der Waals surface area contributed by atoms with E-state index in [0.717, 1.165) is 40.8 Å². The minimum atomic E-state index is -2.07. The van der Waals surface area contributed by atoms with Crippen molar-refractivity contribution >= 4 is 22.9 Å². The molecule has 1 aliphatic rings. The number of aliphatic carboxylic acids is 1. The fourth-order valence-corrected chi connectivity index (χ4v) is 4.38. The van der Waals surface area contributed by atoms with E-state index >= 15 is 8.78 Å². The Morgan fingerprint density at radius 1 is 1.31 bits per heavy atom. The van der Waals surface area contributed by atoms with E-state index in [1.807, 2.05) is 31.2 Å². The molecule has 0 aliphatic carbocycles. The highest BCUT2D eigenvalue weighted by molar-refractivity contribution is 5.86. The van der Waals surface area contributed by atoms with Gasteiger partial charge >= 0.3 is 5.97 Å². The van der Waals surface area contributed by atoms with Gasteiger partial charge in [-0.1, -0.05) is 18.2 Å². The molecule has 168 valence electrons. The van der Waals surface area contributed by atoms with Crippen LogP contribution in [0.3, 0.4) is 0 Å². The van der Waals surface area contributed by atoms with Gasteiger partial charge in [0.25, 0.3) is 0 Å². The summed E-state index contributed by atoms with van der Waals surface area (Å²) >= 11 is 0. The zero-order valence-electron chi connectivity index (χ0n) is 19.0. The van der Waals surface area contributed by atoms with Crippen molar-refractivity contribution in [2.45, 2.75) is 44.9 Å². The fourth-order valence-electron chi connectivity index (χ4n) is 4.38. The van der Waals surface area contributed by atoms with E-state index in [0.29, 0.717) is 12.1 Å². The molecule has 1 aromatic heterocycles. The number of aromatic nitrogens is 1. The number of benzene rings is 2. The Morgan fingerprint density at radius 3 is 2.59 bits per heavy atom. The van der Waals surface area contributed by atoms with Crippen molar-refractivity contribution in [1.82, 2.24) is 9.88 Å². The van der Waals surface area contributed by atoms with Crippen molar-refractivity contribution in [3.8, 4) is 0 Å². The van der Waals surface area contributed by atoms with E-state index in [2.05, 4.69) is 4.98 Å². The van der Waals surface area contributed by atoms with Gasteiger partial charge in [-0.15, -0.1) is 0 Å². The summed E-state index contributed by atoms with van der Waals surface area (Å²) in [4.78, 5) is 15.5. The first-order chi connectivity index (χ1) is 15.4. The van der Waals surface area contributed by atoms with Crippen molar-refractivity contribution in [2.24, 2.45) is 0 Å². The number of halogens is 3. The van der Waals surface area contributed by atoms with E-state index in [1.165, 1.54) is 18.7 Å². The lowest BCUT2D eigenvalue weighted by molar-refractivity contribution is -0.131. The second-order valence-electron chi connectivity index (χ2n) is 8.80. The summed E-state index contributed by atoms with van der Waals surface area (Å²) in [5.41, 5.74) is -0.431. The van der Waals surface area contributed by atoms with Crippen LogP contribution in [0.1, 0.15) is 50.5 Å². The molecule has 0 amide bonds. The Morgan fingerprint density at radius 2 is 1.97 bits per heavy atom. The summed E-state index contributed by atoms with van der Waals surface area (Å²) in [7, 11) is 0. The number of carboxylic acids is 1. The third-order valence-corrected chi connectivity index (χ3v) is 5.64. The van der Waals surface area contributed by atoms with Gasteiger partial charge in [-0.2, -0.15) is 0 Å². The zero-order chi connectivity index (χ0) is 24.1. The molecule has 2 heterocycles. The lowest BCUT2D eigenvalue weighted by atomic mass is 9.87. The van der Waals surface area contributed by atoms with Crippen molar-refractivity contribution in [3.05, 3.63) is 76.5 Å². The monoisotopic (exact) mass is 443 g/mol. The molecular weight excluding hydrogens is 417 g/mol.